The van der Waals surface area contributed by atoms with Crippen molar-refractivity contribution in [1.29, 1.82) is 0 Å². The summed E-state index contributed by atoms with van der Waals surface area (Å²) in [6.07, 6.45) is 0.324. The lowest BCUT2D eigenvalue weighted by atomic mass is 10.1. The first-order valence-electron chi connectivity index (χ1n) is 10.7. The van der Waals surface area contributed by atoms with Gasteiger partial charge in [0.2, 0.25) is 5.91 Å². The number of imide groups is 1. The van der Waals surface area contributed by atoms with Gasteiger partial charge in [-0.25, -0.2) is 0 Å². The molecule has 9 nitrogen and oxygen atoms in total. The second-order valence-electron chi connectivity index (χ2n) is 7.22. The number of hydrogen-bond donors (Lipinski definition) is 0. The van der Waals surface area contributed by atoms with Crippen molar-refractivity contribution in [3.8, 4) is 0 Å². The molecule has 0 saturated carbocycles. The molecule has 0 N–H and O–H groups in total. The molecule has 2 aliphatic heterocycles. The third-order valence-electron chi connectivity index (χ3n) is 5.25. The maximum Gasteiger partial charge on any atom is 0.262 e. The van der Waals surface area contributed by atoms with Crippen LogP contribution in [-0.4, -0.2) is 99.5 Å². The number of rotatable bonds is 3. The summed E-state index contributed by atoms with van der Waals surface area (Å²) in [4.78, 5) is 41.8. The Balaban J connectivity index is 1.68. The van der Waals surface area contributed by atoms with Crippen molar-refractivity contribution in [3.63, 3.8) is 0 Å². The van der Waals surface area contributed by atoms with E-state index in [1.807, 2.05) is 0 Å². The maximum absolute atomic E-state index is 13.4. The average Bonchev–Trinajstić information content (AvgIpc) is 3.02. The van der Waals surface area contributed by atoms with Gasteiger partial charge in [-0.3, -0.25) is 19.3 Å². The number of fused-ring (bicyclic) bond motifs is 1. The quantitative estimate of drug-likeness (QED) is 0.655. The Morgan fingerprint density at radius 2 is 1.23 bits per heavy atom. The van der Waals surface area contributed by atoms with Crippen LogP contribution in [0, 0.1) is 0 Å². The second-order valence-corrected chi connectivity index (χ2v) is 7.22. The molecule has 9 heteroatoms. The molecule has 1 saturated heterocycles. The highest BCUT2D eigenvalue weighted by Crippen LogP contribution is 2.26. The zero-order valence-electron chi connectivity index (χ0n) is 17.9. The molecule has 170 valence electrons. The lowest BCUT2D eigenvalue weighted by molar-refractivity contribution is -0.137. The number of benzene rings is 1. The highest BCUT2D eigenvalue weighted by atomic mass is 16.6. The topological polar surface area (TPSA) is 94.6 Å². The number of carbonyl (C=O) groups excluding carboxylic acids is 3. The van der Waals surface area contributed by atoms with E-state index in [9.17, 15) is 14.4 Å². The third kappa shape index (κ3) is 5.88. The van der Waals surface area contributed by atoms with Crippen LogP contribution in [0.15, 0.2) is 24.3 Å². The van der Waals surface area contributed by atoms with Crippen molar-refractivity contribution in [2.45, 2.75) is 19.4 Å². The van der Waals surface area contributed by atoms with Crippen LogP contribution in [0.2, 0.25) is 0 Å². The molecule has 2 aliphatic rings. The van der Waals surface area contributed by atoms with Crippen molar-refractivity contribution >= 4 is 17.7 Å². The van der Waals surface area contributed by atoms with Gasteiger partial charge >= 0.3 is 0 Å². The predicted molar refractivity (Wildman–Crippen MR) is 111 cm³/mol. The van der Waals surface area contributed by atoms with Crippen LogP contribution in [0.1, 0.15) is 34.1 Å². The van der Waals surface area contributed by atoms with Gasteiger partial charge in [-0.2, -0.15) is 0 Å². The minimum atomic E-state index is -0.874. The monoisotopic (exact) mass is 434 g/mol. The third-order valence-corrected chi connectivity index (χ3v) is 5.25. The molecule has 3 rings (SSSR count). The van der Waals surface area contributed by atoms with Crippen LogP contribution in [-0.2, 0) is 23.7 Å². The molecule has 1 aromatic rings. The largest absolute Gasteiger partial charge is 0.377 e. The van der Waals surface area contributed by atoms with E-state index in [1.54, 1.807) is 36.1 Å². The Labute approximate surface area is 182 Å². The molecule has 3 amide bonds. The van der Waals surface area contributed by atoms with E-state index in [2.05, 4.69) is 0 Å². The molecule has 1 fully saturated rings. The minimum Gasteiger partial charge on any atom is -0.377 e. The summed E-state index contributed by atoms with van der Waals surface area (Å²) in [6.45, 7) is 5.80. The van der Waals surface area contributed by atoms with Gasteiger partial charge in [-0.15, -0.1) is 0 Å². The van der Waals surface area contributed by atoms with E-state index in [0.717, 1.165) is 4.90 Å². The van der Waals surface area contributed by atoms with Crippen molar-refractivity contribution in [2.75, 3.05) is 65.9 Å². The fourth-order valence-corrected chi connectivity index (χ4v) is 3.61. The van der Waals surface area contributed by atoms with Crippen LogP contribution < -0.4 is 0 Å². The van der Waals surface area contributed by atoms with Gasteiger partial charge in [-0.05, 0) is 18.6 Å². The maximum atomic E-state index is 13.4. The summed E-state index contributed by atoms with van der Waals surface area (Å²) in [5.74, 6) is -1.15. The summed E-state index contributed by atoms with van der Waals surface area (Å²) < 4.78 is 22.0. The standard InChI is InChI=1S/C22H30N2O7/c1-2-19(24-20(25)17-5-3-4-6-18(17)21(24)26)22(27)23-7-9-28-11-13-30-15-16-31-14-12-29-10-8-23/h3-6,19H,2,7-16H2,1H3/t19-/m1/s1. The molecular weight excluding hydrogens is 404 g/mol. The van der Waals surface area contributed by atoms with E-state index < -0.39 is 17.9 Å². The first kappa shape index (κ1) is 23.3. The van der Waals surface area contributed by atoms with Gasteiger partial charge in [-0.1, -0.05) is 19.1 Å². The Morgan fingerprint density at radius 1 is 0.806 bits per heavy atom. The zero-order valence-corrected chi connectivity index (χ0v) is 17.9. The molecule has 1 atom stereocenters. The Morgan fingerprint density at radius 3 is 1.65 bits per heavy atom. The van der Waals surface area contributed by atoms with Crippen LogP contribution in [0.3, 0.4) is 0 Å². The average molecular weight is 434 g/mol. The molecule has 1 aromatic carbocycles. The first-order chi connectivity index (χ1) is 15.1. The molecule has 31 heavy (non-hydrogen) atoms. The first-order valence-corrected chi connectivity index (χ1v) is 10.7. The molecule has 0 bridgehead atoms. The normalized spacial score (nSPS) is 20.7. The Hall–Kier alpha value is -2.33. The van der Waals surface area contributed by atoms with Gasteiger partial charge in [0, 0.05) is 13.1 Å². The fourth-order valence-electron chi connectivity index (χ4n) is 3.61. The zero-order chi connectivity index (χ0) is 22.1. The number of nitrogens with zero attached hydrogens (tertiary/aromatic N) is 2. The molecule has 0 aromatic heterocycles. The van der Waals surface area contributed by atoms with Gasteiger partial charge in [0.05, 0.1) is 64.0 Å². The summed E-state index contributed by atoms with van der Waals surface area (Å²) in [6, 6.07) is 5.77. The molecule has 0 aliphatic carbocycles. The smallest absolute Gasteiger partial charge is 0.262 e. The number of ether oxygens (including phenoxy) is 4. The molecule has 0 unspecified atom stereocenters. The fraction of sp³-hybridized carbons (Fsp3) is 0.591. The summed E-state index contributed by atoms with van der Waals surface area (Å²) >= 11 is 0. The van der Waals surface area contributed by atoms with E-state index in [4.69, 9.17) is 18.9 Å². The Kier molecular flexibility index (Phi) is 8.96. The molecule has 0 spiro atoms. The van der Waals surface area contributed by atoms with Crippen molar-refractivity contribution in [3.05, 3.63) is 35.4 Å². The lowest BCUT2D eigenvalue weighted by Gasteiger charge is -2.31. The molecular formula is C22H30N2O7. The van der Waals surface area contributed by atoms with E-state index in [-0.39, 0.29) is 5.91 Å². The number of amides is 3. The van der Waals surface area contributed by atoms with Gasteiger partial charge in [0.25, 0.3) is 11.8 Å². The minimum absolute atomic E-state index is 0.291. The van der Waals surface area contributed by atoms with E-state index in [0.29, 0.717) is 83.5 Å². The molecule has 2 heterocycles. The number of hydrogen-bond acceptors (Lipinski definition) is 7. The van der Waals surface area contributed by atoms with Crippen molar-refractivity contribution < 1.29 is 33.3 Å². The summed E-state index contributed by atoms with van der Waals surface area (Å²) in [7, 11) is 0. The van der Waals surface area contributed by atoms with Gasteiger partial charge in [0.15, 0.2) is 0 Å². The van der Waals surface area contributed by atoms with Gasteiger partial charge < -0.3 is 23.8 Å². The van der Waals surface area contributed by atoms with Crippen LogP contribution in [0.5, 0.6) is 0 Å². The van der Waals surface area contributed by atoms with Crippen LogP contribution in [0.25, 0.3) is 0 Å². The molecule has 0 radical (unpaired) electrons. The van der Waals surface area contributed by atoms with E-state index in [1.165, 1.54) is 0 Å². The van der Waals surface area contributed by atoms with Gasteiger partial charge in [0.1, 0.15) is 6.04 Å². The number of carbonyl (C=O) groups is 3. The van der Waals surface area contributed by atoms with E-state index >= 15 is 0 Å². The summed E-state index contributed by atoms with van der Waals surface area (Å²) in [5, 5.41) is 0. The van der Waals surface area contributed by atoms with Crippen LogP contribution >= 0.6 is 0 Å². The lowest BCUT2D eigenvalue weighted by Crippen LogP contribution is -2.52. The van der Waals surface area contributed by atoms with Crippen molar-refractivity contribution in [1.82, 2.24) is 9.80 Å². The SMILES string of the molecule is CC[C@H](C(=O)N1CCOCCOCCOCCOCC1)N1C(=O)c2ccccc2C1=O. The second kappa shape index (κ2) is 11.9. The van der Waals surface area contributed by atoms with Crippen molar-refractivity contribution in [2.24, 2.45) is 0 Å². The summed E-state index contributed by atoms with van der Waals surface area (Å²) in [5.41, 5.74) is 0.671. The Bertz CT molecular complexity index is 719. The predicted octanol–water partition coefficient (Wildman–Crippen LogP) is 0.970. The highest BCUT2D eigenvalue weighted by Gasteiger charge is 2.42. The highest BCUT2D eigenvalue weighted by molar-refractivity contribution is 6.22. The van der Waals surface area contributed by atoms with Crippen LogP contribution in [0.4, 0.5) is 0 Å².